The summed E-state index contributed by atoms with van der Waals surface area (Å²) in [5, 5.41) is 8.89. The average molecular weight is 239 g/mol. The molecule has 0 radical (unpaired) electrons. The van der Waals surface area contributed by atoms with Crippen LogP contribution < -0.4 is 0 Å². The second-order valence-electron chi connectivity index (χ2n) is 3.14. The number of aromatic carboxylic acids is 1. The number of aromatic nitrogens is 2. The van der Waals surface area contributed by atoms with Gasteiger partial charge in [-0.2, -0.15) is 0 Å². The topological polar surface area (TPSA) is 76.2 Å². The lowest BCUT2D eigenvalue weighted by Crippen LogP contribution is -2.03. The molecule has 0 fully saturated rings. The number of nitrogens with zero attached hydrogens (tertiary/aromatic N) is 2. The van der Waals surface area contributed by atoms with Crippen LogP contribution in [-0.4, -0.2) is 21.0 Å². The van der Waals surface area contributed by atoms with Crippen LogP contribution in [0.15, 0.2) is 22.8 Å². The van der Waals surface area contributed by atoms with Gasteiger partial charge in [-0.1, -0.05) is 11.6 Å². The first-order valence-corrected chi connectivity index (χ1v) is 4.78. The predicted octanol–water partition coefficient (Wildman–Crippen LogP) is 2.40. The summed E-state index contributed by atoms with van der Waals surface area (Å²) in [7, 11) is 0. The fourth-order valence-corrected chi connectivity index (χ4v) is 1.41. The Kier molecular flexibility index (Phi) is 2.62. The van der Waals surface area contributed by atoms with Crippen molar-refractivity contribution < 1.29 is 14.3 Å². The van der Waals surface area contributed by atoms with Gasteiger partial charge in [0.15, 0.2) is 17.3 Å². The van der Waals surface area contributed by atoms with Gasteiger partial charge in [-0.15, -0.1) is 0 Å². The van der Waals surface area contributed by atoms with E-state index in [9.17, 15) is 4.79 Å². The number of carboxylic acids is 1. The van der Waals surface area contributed by atoms with Gasteiger partial charge in [0.2, 0.25) is 0 Å². The highest BCUT2D eigenvalue weighted by molar-refractivity contribution is 6.29. The van der Waals surface area contributed by atoms with E-state index in [4.69, 9.17) is 21.1 Å². The zero-order chi connectivity index (χ0) is 11.7. The van der Waals surface area contributed by atoms with Crippen LogP contribution in [0.5, 0.6) is 0 Å². The minimum Gasteiger partial charge on any atom is -0.477 e. The molecule has 0 aromatic carbocycles. The quantitative estimate of drug-likeness (QED) is 0.813. The number of aryl methyl sites for hydroxylation is 1. The Hall–Kier alpha value is -1.88. The van der Waals surface area contributed by atoms with Crippen molar-refractivity contribution in [3.8, 4) is 11.6 Å². The lowest BCUT2D eigenvalue weighted by atomic mass is 10.2. The second-order valence-corrected chi connectivity index (χ2v) is 3.52. The minimum atomic E-state index is -1.16. The molecule has 2 aromatic heterocycles. The Labute approximate surface area is 95.7 Å². The molecule has 1 N–H and O–H groups in total. The summed E-state index contributed by atoms with van der Waals surface area (Å²) in [6.45, 7) is 1.81. The zero-order valence-electron chi connectivity index (χ0n) is 8.27. The molecule has 0 bridgehead atoms. The molecular weight excluding hydrogens is 232 g/mol. The maximum absolute atomic E-state index is 10.8. The van der Waals surface area contributed by atoms with Crippen molar-refractivity contribution >= 4 is 17.6 Å². The average Bonchev–Trinajstić information content (AvgIpc) is 2.63. The molecule has 6 heteroatoms. The highest BCUT2D eigenvalue weighted by Gasteiger charge is 2.14. The third-order valence-corrected chi connectivity index (χ3v) is 2.17. The van der Waals surface area contributed by atoms with E-state index < -0.39 is 5.97 Å². The summed E-state index contributed by atoms with van der Waals surface area (Å²) in [6.07, 6.45) is 1.48. The van der Waals surface area contributed by atoms with Crippen molar-refractivity contribution in [2.75, 3.05) is 0 Å². The normalized spacial score (nSPS) is 10.4. The standard InChI is InChI=1S/C10H7ClN2O3/c1-5-2-3-16-8(5)9-12-6(10(14)15)4-7(11)13-9/h2-4H,1H3,(H,14,15). The van der Waals surface area contributed by atoms with Crippen LogP contribution >= 0.6 is 11.6 Å². The molecule has 0 atom stereocenters. The third-order valence-electron chi connectivity index (χ3n) is 1.98. The van der Waals surface area contributed by atoms with Crippen LogP contribution in [0.25, 0.3) is 11.6 Å². The van der Waals surface area contributed by atoms with Crippen molar-refractivity contribution in [2.45, 2.75) is 6.92 Å². The molecule has 0 spiro atoms. The first kappa shape index (κ1) is 10.6. The van der Waals surface area contributed by atoms with Crippen molar-refractivity contribution in [3.63, 3.8) is 0 Å². The van der Waals surface area contributed by atoms with E-state index in [-0.39, 0.29) is 16.7 Å². The van der Waals surface area contributed by atoms with Gasteiger partial charge < -0.3 is 9.52 Å². The maximum atomic E-state index is 10.8. The highest BCUT2D eigenvalue weighted by Crippen LogP contribution is 2.22. The largest absolute Gasteiger partial charge is 0.477 e. The van der Waals surface area contributed by atoms with E-state index in [1.807, 2.05) is 6.92 Å². The summed E-state index contributed by atoms with van der Waals surface area (Å²) < 4.78 is 5.16. The Bertz CT molecular complexity index is 551. The molecule has 2 rings (SSSR count). The molecule has 0 unspecified atom stereocenters. The predicted molar refractivity (Wildman–Crippen MR) is 56.4 cm³/mol. The molecule has 2 aromatic rings. The summed E-state index contributed by atoms with van der Waals surface area (Å²) in [5.74, 6) is -0.563. The molecular formula is C10H7ClN2O3. The molecule has 16 heavy (non-hydrogen) atoms. The van der Waals surface area contributed by atoms with Crippen LogP contribution in [0.1, 0.15) is 16.1 Å². The zero-order valence-corrected chi connectivity index (χ0v) is 9.02. The molecule has 82 valence electrons. The fraction of sp³-hybridized carbons (Fsp3) is 0.100. The van der Waals surface area contributed by atoms with Crippen LogP contribution in [0, 0.1) is 6.92 Å². The third kappa shape index (κ3) is 1.90. The lowest BCUT2D eigenvalue weighted by molar-refractivity contribution is 0.0690. The molecule has 0 aliphatic heterocycles. The number of hydrogen-bond acceptors (Lipinski definition) is 4. The smallest absolute Gasteiger partial charge is 0.354 e. The van der Waals surface area contributed by atoms with Gasteiger partial charge in [-0.25, -0.2) is 14.8 Å². The van der Waals surface area contributed by atoms with E-state index in [1.54, 1.807) is 6.07 Å². The molecule has 0 aliphatic carbocycles. The number of rotatable bonds is 2. The van der Waals surface area contributed by atoms with Gasteiger partial charge in [-0.3, -0.25) is 0 Å². The summed E-state index contributed by atoms with van der Waals surface area (Å²) in [5.41, 5.74) is 0.657. The number of carbonyl (C=O) groups is 1. The van der Waals surface area contributed by atoms with E-state index >= 15 is 0 Å². The Morgan fingerprint density at radius 1 is 1.50 bits per heavy atom. The maximum Gasteiger partial charge on any atom is 0.354 e. The van der Waals surface area contributed by atoms with Gasteiger partial charge >= 0.3 is 5.97 Å². The summed E-state index contributed by atoms with van der Waals surface area (Å²) >= 11 is 5.71. The molecule has 0 aliphatic rings. The molecule has 2 heterocycles. The second kappa shape index (κ2) is 3.94. The van der Waals surface area contributed by atoms with Gasteiger partial charge in [0.05, 0.1) is 6.26 Å². The first-order chi connectivity index (χ1) is 7.58. The minimum absolute atomic E-state index is 0.0678. The molecule has 5 nitrogen and oxygen atoms in total. The monoisotopic (exact) mass is 238 g/mol. The molecule has 0 saturated heterocycles. The van der Waals surface area contributed by atoms with Gasteiger partial charge in [-0.05, 0) is 18.6 Å². The Morgan fingerprint density at radius 2 is 2.25 bits per heavy atom. The number of furan rings is 1. The van der Waals surface area contributed by atoms with Crippen molar-refractivity contribution in [3.05, 3.63) is 34.8 Å². The highest BCUT2D eigenvalue weighted by atomic mass is 35.5. The SMILES string of the molecule is Cc1ccoc1-c1nc(Cl)cc(C(=O)O)n1. The number of carboxylic acid groups (broad SMARTS) is 1. The lowest BCUT2D eigenvalue weighted by Gasteiger charge is -2.00. The van der Waals surface area contributed by atoms with Crippen molar-refractivity contribution in [1.29, 1.82) is 0 Å². The van der Waals surface area contributed by atoms with E-state index in [2.05, 4.69) is 9.97 Å². The van der Waals surface area contributed by atoms with Crippen LogP contribution in [0.2, 0.25) is 5.15 Å². The molecule has 0 saturated carbocycles. The van der Waals surface area contributed by atoms with E-state index in [0.717, 1.165) is 5.56 Å². The van der Waals surface area contributed by atoms with Crippen LogP contribution in [0.4, 0.5) is 0 Å². The Morgan fingerprint density at radius 3 is 2.81 bits per heavy atom. The molecule has 0 amide bonds. The number of halogens is 1. The van der Waals surface area contributed by atoms with Crippen molar-refractivity contribution in [1.82, 2.24) is 9.97 Å². The van der Waals surface area contributed by atoms with Crippen LogP contribution in [-0.2, 0) is 0 Å². The van der Waals surface area contributed by atoms with Gasteiger partial charge in [0.25, 0.3) is 0 Å². The van der Waals surface area contributed by atoms with E-state index in [1.165, 1.54) is 12.3 Å². The Balaban J connectivity index is 2.58. The van der Waals surface area contributed by atoms with Crippen LogP contribution in [0.3, 0.4) is 0 Å². The summed E-state index contributed by atoms with van der Waals surface area (Å²) in [6, 6.07) is 2.92. The fourth-order valence-electron chi connectivity index (χ4n) is 1.23. The van der Waals surface area contributed by atoms with Gasteiger partial charge in [0, 0.05) is 6.07 Å². The first-order valence-electron chi connectivity index (χ1n) is 4.40. The van der Waals surface area contributed by atoms with Crippen molar-refractivity contribution in [2.24, 2.45) is 0 Å². The van der Waals surface area contributed by atoms with E-state index in [0.29, 0.717) is 5.76 Å². The summed E-state index contributed by atoms with van der Waals surface area (Å²) in [4.78, 5) is 18.5. The number of hydrogen-bond donors (Lipinski definition) is 1. The van der Waals surface area contributed by atoms with Gasteiger partial charge in [0.1, 0.15) is 5.15 Å².